The first-order chi connectivity index (χ1) is 6.27. The van der Waals surface area contributed by atoms with Crippen molar-refractivity contribution in [3.63, 3.8) is 0 Å². The number of halogens is 2. The van der Waals surface area contributed by atoms with Gasteiger partial charge in [0.2, 0.25) is 0 Å². The van der Waals surface area contributed by atoms with Crippen LogP contribution in [0.15, 0.2) is 45.7 Å². The lowest BCUT2D eigenvalue weighted by molar-refractivity contribution is 1.00. The molecule has 2 aromatic rings. The van der Waals surface area contributed by atoms with E-state index in [-0.39, 0.29) is 0 Å². The topological polar surface area (TPSA) is 17.8 Å². The molecule has 0 spiro atoms. The van der Waals surface area contributed by atoms with E-state index in [1.807, 2.05) is 35.2 Å². The summed E-state index contributed by atoms with van der Waals surface area (Å²) in [5, 5.41) is 0. The summed E-state index contributed by atoms with van der Waals surface area (Å²) >= 11 is 6.81. The zero-order chi connectivity index (χ0) is 9.26. The summed E-state index contributed by atoms with van der Waals surface area (Å²) in [6.45, 7) is 0. The Bertz CT molecular complexity index is 410. The quantitative estimate of drug-likeness (QED) is 0.789. The average Bonchev–Trinajstić information content (AvgIpc) is 2.62. The Kier molecular flexibility index (Phi) is 2.51. The molecular formula is C9H6Br2N2. The molecule has 0 aromatic carbocycles. The summed E-state index contributed by atoms with van der Waals surface area (Å²) in [7, 11) is 0. The summed E-state index contributed by atoms with van der Waals surface area (Å²) in [6.07, 6.45) is 5.70. The minimum atomic E-state index is 0.903. The van der Waals surface area contributed by atoms with Gasteiger partial charge in [-0.05, 0) is 50.1 Å². The summed E-state index contributed by atoms with van der Waals surface area (Å²) in [5.74, 6) is 0.903. The van der Waals surface area contributed by atoms with E-state index in [4.69, 9.17) is 0 Å². The smallest absolute Gasteiger partial charge is 0.137 e. The summed E-state index contributed by atoms with van der Waals surface area (Å²) in [5.41, 5.74) is 0. The molecule has 0 radical (unpaired) electrons. The molecule has 0 aliphatic heterocycles. The van der Waals surface area contributed by atoms with Gasteiger partial charge in [-0.15, -0.1) is 0 Å². The number of rotatable bonds is 1. The van der Waals surface area contributed by atoms with E-state index < -0.39 is 0 Å². The number of nitrogens with zero attached hydrogens (tertiary/aromatic N) is 2. The molecule has 0 bridgehead atoms. The van der Waals surface area contributed by atoms with Crippen molar-refractivity contribution in [2.45, 2.75) is 0 Å². The number of pyridine rings is 1. The van der Waals surface area contributed by atoms with E-state index in [9.17, 15) is 0 Å². The fourth-order valence-electron chi connectivity index (χ4n) is 1.03. The predicted molar refractivity (Wildman–Crippen MR) is 59.0 cm³/mol. The van der Waals surface area contributed by atoms with E-state index in [1.165, 1.54) is 0 Å². The Labute approximate surface area is 92.9 Å². The average molecular weight is 302 g/mol. The van der Waals surface area contributed by atoms with Crippen LogP contribution in [-0.2, 0) is 0 Å². The highest BCUT2D eigenvalue weighted by molar-refractivity contribution is 9.13. The molecule has 0 aliphatic rings. The molecule has 0 fully saturated rings. The second kappa shape index (κ2) is 3.64. The van der Waals surface area contributed by atoms with Crippen LogP contribution in [-0.4, -0.2) is 9.55 Å². The maximum atomic E-state index is 4.27. The highest BCUT2D eigenvalue weighted by Gasteiger charge is 2.00. The lowest BCUT2D eigenvalue weighted by atomic mass is 10.4. The van der Waals surface area contributed by atoms with Crippen LogP contribution in [0, 0.1) is 0 Å². The van der Waals surface area contributed by atoms with Crippen molar-refractivity contribution in [1.82, 2.24) is 9.55 Å². The minimum absolute atomic E-state index is 0.903. The SMILES string of the molecule is Brc1cnc(-n2cccc2)cc1Br. The number of aromatic nitrogens is 2. The van der Waals surface area contributed by atoms with Gasteiger partial charge in [-0.1, -0.05) is 0 Å². The Morgan fingerprint density at radius 2 is 1.77 bits per heavy atom. The van der Waals surface area contributed by atoms with Crippen molar-refractivity contribution in [3.05, 3.63) is 45.7 Å². The molecule has 0 N–H and O–H groups in total. The minimum Gasteiger partial charge on any atom is -0.309 e. The lowest BCUT2D eigenvalue weighted by Gasteiger charge is -2.02. The molecule has 4 heteroatoms. The van der Waals surface area contributed by atoms with Crippen molar-refractivity contribution in [2.75, 3.05) is 0 Å². The van der Waals surface area contributed by atoms with Gasteiger partial charge in [-0.3, -0.25) is 0 Å². The van der Waals surface area contributed by atoms with Gasteiger partial charge in [0.1, 0.15) is 5.82 Å². The maximum Gasteiger partial charge on any atom is 0.137 e. The second-order valence-electron chi connectivity index (χ2n) is 2.55. The Hall–Kier alpha value is -0.610. The normalized spacial score (nSPS) is 10.3. The predicted octanol–water partition coefficient (Wildman–Crippen LogP) is 3.40. The molecule has 0 saturated carbocycles. The summed E-state index contributed by atoms with van der Waals surface area (Å²) in [4.78, 5) is 4.27. The zero-order valence-electron chi connectivity index (χ0n) is 6.61. The van der Waals surface area contributed by atoms with Crippen LogP contribution >= 0.6 is 31.9 Å². The molecule has 0 amide bonds. The van der Waals surface area contributed by atoms with Gasteiger partial charge in [0, 0.05) is 23.1 Å². The molecule has 2 heterocycles. The van der Waals surface area contributed by atoms with E-state index in [0.717, 1.165) is 14.8 Å². The van der Waals surface area contributed by atoms with Crippen molar-refractivity contribution in [1.29, 1.82) is 0 Å². The van der Waals surface area contributed by atoms with Crippen LogP contribution in [0.4, 0.5) is 0 Å². The first kappa shape index (κ1) is 8.97. The third-order valence-electron chi connectivity index (χ3n) is 1.66. The van der Waals surface area contributed by atoms with Gasteiger partial charge in [0.15, 0.2) is 0 Å². The molecule has 0 unspecified atom stereocenters. The first-order valence-corrected chi connectivity index (χ1v) is 5.30. The standard InChI is InChI=1S/C9H6Br2N2/c10-7-5-9(12-6-8(7)11)13-3-1-2-4-13/h1-6H. The van der Waals surface area contributed by atoms with Crippen LogP contribution in [0.3, 0.4) is 0 Å². The van der Waals surface area contributed by atoms with Gasteiger partial charge in [0.25, 0.3) is 0 Å². The lowest BCUT2D eigenvalue weighted by Crippen LogP contribution is -1.93. The van der Waals surface area contributed by atoms with Gasteiger partial charge in [-0.2, -0.15) is 0 Å². The van der Waals surface area contributed by atoms with Crippen LogP contribution in [0.2, 0.25) is 0 Å². The monoisotopic (exact) mass is 300 g/mol. The fourth-order valence-corrected chi connectivity index (χ4v) is 1.56. The Morgan fingerprint density at radius 3 is 2.38 bits per heavy atom. The second-order valence-corrected chi connectivity index (χ2v) is 4.26. The molecule has 2 nitrogen and oxygen atoms in total. The largest absolute Gasteiger partial charge is 0.309 e. The van der Waals surface area contributed by atoms with E-state index in [2.05, 4.69) is 36.8 Å². The Morgan fingerprint density at radius 1 is 1.08 bits per heavy atom. The fraction of sp³-hybridized carbons (Fsp3) is 0. The van der Waals surface area contributed by atoms with Crippen LogP contribution in [0.25, 0.3) is 5.82 Å². The van der Waals surface area contributed by atoms with Crippen LogP contribution in [0.5, 0.6) is 0 Å². The molecule has 66 valence electrons. The molecule has 13 heavy (non-hydrogen) atoms. The highest BCUT2D eigenvalue weighted by atomic mass is 79.9. The van der Waals surface area contributed by atoms with Crippen molar-refractivity contribution >= 4 is 31.9 Å². The van der Waals surface area contributed by atoms with Crippen LogP contribution < -0.4 is 0 Å². The molecular weight excluding hydrogens is 296 g/mol. The summed E-state index contributed by atoms with van der Waals surface area (Å²) in [6, 6.07) is 5.90. The maximum absolute atomic E-state index is 4.27. The van der Waals surface area contributed by atoms with Gasteiger partial charge >= 0.3 is 0 Å². The van der Waals surface area contributed by atoms with Gasteiger partial charge < -0.3 is 4.57 Å². The number of hydrogen-bond acceptors (Lipinski definition) is 1. The van der Waals surface area contributed by atoms with Gasteiger partial charge in [0.05, 0.1) is 4.47 Å². The van der Waals surface area contributed by atoms with Crippen molar-refractivity contribution in [2.24, 2.45) is 0 Å². The molecule has 0 saturated heterocycles. The van der Waals surface area contributed by atoms with Crippen molar-refractivity contribution < 1.29 is 0 Å². The number of hydrogen-bond donors (Lipinski definition) is 0. The summed E-state index contributed by atoms with van der Waals surface area (Å²) < 4.78 is 3.92. The van der Waals surface area contributed by atoms with Crippen LogP contribution in [0.1, 0.15) is 0 Å². The third kappa shape index (κ3) is 1.84. The Balaban J connectivity index is 2.49. The molecule has 2 rings (SSSR count). The molecule has 2 aromatic heterocycles. The van der Waals surface area contributed by atoms with Gasteiger partial charge in [-0.25, -0.2) is 4.98 Å². The van der Waals surface area contributed by atoms with E-state index in [1.54, 1.807) is 6.20 Å². The van der Waals surface area contributed by atoms with E-state index in [0.29, 0.717) is 0 Å². The first-order valence-electron chi connectivity index (χ1n) is 3.72. The van der Waals surface area contributed by atoms with Crippen molar-refractivity contribution in [3.8, 4) is 5.82 Å². The molecule has 0 atom stereocenters. The molecule has 0 aliphatic carbocycles. The zero-order valence-corrected chi connectivity index (χ0v) is 9.79. The van der Waals surface area contributed by atoms with E-state index >= 15 is 0 Å². The highest BCUT2D eigenvalue weighted by Crippen LogP contribution is 2.23. The third-order valence-corrected chi connectivity index (χ3v) is 3.48.